The van der Waals surface area contributed by atoms with Gasteiger partial charge < -0.3 is 69.8 Å². The molecule has 0 bridgehead atoms. The molecular formula is C45H48N12O8. The molecule has 0 radical (unpaired) electrons. The second kappa shape index (κ2) is 19.7. The van der Waals surface area contributed by atoms with Crippen LogP contribution in [0.5, 0.6) is 46.0 Å². The predicted octanol–water partition coefficient (Wildman–Crippen LogP) is 6.89. The van der Waals surface area contributed by atoms with Crippen molar-refractivity contribution in [3.63, 3.8) is 0 Å². The molecule has 0 aliphatic carbocycles. The third-order valence-corrected chi connectivity index (χ3v) is 10.7. The molecule has 10 rings (SSSR count). The first-order valence-electron chi connectivity index (χ1n) is 21.6. The molecule has 65 heavy (non-hydrogen) atoms. The van der Waals surface area contributed by atoms with Gasteiger partial charge in [-0.1, -0.05) is 43.5 Å². The zero-order valence-electron chi connectivity index (χ0n) is 35.5. The SMILES string of the molecule is c1cc2c(cc1CNc1nc(NCCCCCCCNc3nc(NCc4ccc5c(c4)OCO5)nc(NCc4ccc5c(c4)OCO5)n3)nc(NCc3ccc4c(c3)OCO4)n1)OCO2. The number of rotatable bonds is 22. The monoisotopic (exact) mass is 884 g/mol. The molecule has 4 aliphatic heterocycles. The maximum atomic E-state index is 5.55. The van der Waals surface area contributed by atoms with Crippen molar-refractivity contribution in [2.24, 2.45) is 0 Å². The number of anilines is 6. The van der Waals surface area contributed by atoms with Gasteiger partial charge in [0.05, 0.1) is 0 Å². The number of hydrogen-bond donors (Lipinski definition) is 6. The van der Waals surface area contributed by atoms with Gasteiger partial charge in [0.15, 0.2) is 46.0 Å². The van der Waals surface area contributed by atoms with Crippen molar-refractivity contribution in [2.75, 3.05) is 72.2 Å². The van der Waals surface area contributed by atoms with Crippen molar-refractivity contribution in [1.82, 2.24) is 29.9 Å². The minimum absolute atomic E-state index is 0.224. The number of benzene rings is 4. The lowest BCUT2D eigenvalue weighted by Gasteiger charge is -2.12. The van der Waals surface area contributed by atoms with Crippen molar-refractivity contribution in [3.8, 4) is 46.0 Å². The molecular weight excluding hydrogens is 837 g/mol. The summed E-state index contributed by atoms with van der Waals surface area (Å²) in [6, 6.07) is 23.4. The van der Waals surface area contributed by atoms with Crippen LogP contribution >= 0.6 is 0 Å². The van der Waals surface area contributed by atoms with E-state index in [-0.39, 0.29) is 27.2 Å². The summed E-state index contributed by atoms with van der Waals surface area (Å²) in [6.07, 6.45) is 5.03. The second-order valence-electron chi connectivity index (χ2n) is 15.4. The smallest absolute Gasteiger partial charge is 0.231 e. The Bertz CT molecular complexity index is 2290. The van der Waals surface area contributed by atoms with Gasteiger partial charge in [-0.3, -0.25) is 0 Å². The van der Waals surface area contributed by atoms with E-state index in [1.807, 2.05) is 72.8 Å². The lowest BCUT2D eigenvalue weighted by molar-refractivity contribution is 0.173. The molecule has 20 nitrogen and oxygen atoms in total. The largest absolute Gasteiger partial charge is 0.454 e. The minimum atomic E-state index is 0.224. The summed E-state index contributed by atoms with van der Waals surface area (Å²) < 4.78 is 44.1. The highest BCUT2D eigenvalue weighted by atomic mass is 16.7. The fourth-order valence-corrected chi connectivity index (χ4v) is 7.34. The normalized spacial score (nSPS) is 13.4. The third-order valence-electron chi connectivity index (χ3n) is 10.7. The van der Waals surface area contributed by atoms with Crippen LogP contribution in [0.3, 0.4) is 0 Å². The highest BCUT2D eigenvalue weighted by Crippen LogP contribution is 2.35. The maximum Gasteiger partial charge on any atom is 0.231 e. The Morgan fingerprint density at radius 2 is 0.538 bits per heavy atom. The van der Waals surface area contributed by atoms with E-state index in [4.69, 9.17) is 37.9 Å². The summed E-state index contributed by atoms with van der Waals surface area (Å²) >= 11 is 0. The molecule has 0 atom stereocenters. The van der Waals surface area contributed by atoms with Gasteiger partial charge in [-0.05, 0) is 83.6 Å². The van der Waals surface area contributed by atoms with Crippen LogP contribution in [-0.4, -0.2) is 70.2 Å². The van der Waals surface area contributed by atoms with E-state index in [1.54, 1.807) is 0 Å². The molecule has 0 saturated heterocycles. The molecule has 0 fully saturated rings. The fraction of sp³-hybridized carbons (Fsp3) is 0.333. The molecule has 0 unspecified atom stereocenters. The van der Waals surface area contributed by atoms with Crippen molar-refractivity contribution in [3.05, 3.63) is 95.1 Å². The zero-order valence-corrected chi connectivity index (χ0v) is 35.5. The van der Waals surface area contributed by atoms with Crippen molar-refractivity contribution < 1.29 is 37.9 Å². The molecule has 20 heteroatoms. The summed E-state index contributed by atoms with van der Waals surface area (Å²) in [6.45, 7) is 4.28. The Morgan fingerprint density at radius 1 is 0.292 bits per heavy atom. The molecule has 0 amide bonds. The lowest BCUT2D eigenvalue weighted by Crippen LogP contribution is -2.13. The third kappa shape index (κ3) is 10.7. The number of nitrogens with one attached hydrogen (secondary N) is 6. The van der Waals surface area contributed by atoms with Crippen LogP contribution in [0.4, 0.5) is 35.7 Å². The van der Waals surface area contributed by atoms with Crippen LogP contribution in [0.25, 0.3) is 0 Å². The molecule has 336 valence electrons. The van der Waals surface area contributed by atoms with Crippen molar-refractivity contribution >= 4 is 35.7 Å². The van der Waals surface area contributed by atoms with Gasteiger partial charge in [-0.15, -0.1) is 0 Å². The Labute approximate surface area is 374 Å². The van der Waals surface area contributed by atoms with Crippen molar-refractivity contribution in [2.45, 2.75) is 58.3 Å². The first-order chi connectivity index (χ1) is 32.1. The summed E-state index contributed by atoms with van der Waals surface area (Å²) in [5.74, 6) is 8.59. The Kier molecular flexibility index (Phi) is 12.4. The van der Waals surface area contributed by atoms with Crippen LogP contribution in [0.15, 0.2) is 72.8 Å². The fourth-order valence-electron chi connectivity index (χ4n) is 7.34. The molecule has 4 aromatic carbocycles. The van der Waals surface area contributed by atoms with E-state index in [0.717, 1.165) is 100 Å². The Balaban J connectivity index is 0.698. The standard InChI is InChI=1S/C45H48N12O8/c1(2-4-14-46-40-52-42(48-20-28-6-10-32-36(16-28)62-24-58-32)56-43(53-40)49-21-29-7-11-33-37(17-29)63-25-59-33)3-5-15-47-41-54-44(50-22-30-8-12-34-38(18-30)64-26-60-34)57-45(55-41)51-23-31-9-13-35-39(19-31)65-27-61-35/h6-13,16-19H,1-5,14-15,20-27H2,(H3,46,48,49,52,53,56)(H3,47,50,51,54,55,57). The number of fused-ring (bicyclic) bond motifs is 4. The topological polar surface area (TPSA) is 223 Å². The second-order valence-corrected chi connectivity index (χ2v) is 15.4. The molecule has 0 saturated carbocycles. The first kappa shape index (κ1) is 41.1. The zero-order chi connectivity index (χ0) is 43.6. The van der Waals surface area contributed by atoms with E-state index in [9.17, 15) is 0 Å². The predicted molar refractivity (Wildman–Crippen MR) is 239 cm³/mol. The summed E-state index contributed by atoms with van der Waals surface area (Å²) in [7, 11) is 0. The van der Waals surface area contributed by atoms with Crippen LogP contribution in [-0.2, 0) is 26.2 Å². The van der Waals surface area contributed by atoms with Gasteiger partial charge in [0.1, 0.15) is 0 Å². The molecule has 4 aliphatic rings. The van der Waals surface area contributed by atoms with E-state index >= 15 is 0 Å². The van der Waals surface area contributed by atoms with Crippen molar-refractivity contribution in [1.29, 1.82) is 0 Å². The van der Waals surface area contributed by atoms with E-state index in [1.165, 1.54) is 0 Å². The number of ether oxygens (including phenoxy) is 8. The van der Waals surface area contributed by atoms with Gasteiger partial charge >= 0.3 is 0 Å². The van der Waals surface area contributed by atoms with Crippen LogP contribution < -0.4 is 69.8 Å². The van der Waals surface area contributed by atoms with Gasteiger partial charge in [-0.25, -0.2) is 0 Å². The Morgan fingerprint density at radius 3 is 0.831 bits per heavy atom. The van der Waals surface area contributed by atoms with E-state index in [0.29, 0.717) is 75.0 Å². The first-order valence-corrected chi connectivity index (χ1v) is 21.6. The highest BCUT2D eigenvalue weighted by molar-refractivity contribution is 5.50. The molecule has 2 aromatic heterocycles. The summed E-state index contributed by atoms with van der Waals surface area (Å²) in [4.78, 5) is 28.0. The number of hydrogen-bond acceptors (Lipinski definition) is 20. The van der Waals surface area contributed by atoms with E-state index < -0.39 is 0 Å². The van der Waals surface area contributed by atoms with Crippen LogP contribution in [0, 0.1) is 0 Å². The van der Waals surface area contributed by atoms with Gasteiger partial charge in [0, 0.05) is 39.3 Å². The molecule has 0 spiro atoms. The van der Waals surface area contributed by atoms with Crippen LogP contribution in [0.1, 0.15) is 54.4 Å². The van der Waals surface area contributed by atoms with Gasteiger partial charge in [0.2, 0.25) is 62.9 Å². The summed E-state index contributed by atoms with van der Waals surface area (Å²) in [5, 5.41) is 20.2. The minimum Gasteiger partial charge on any atom is -0.454 e. The average Bonchev–Trinajstić information content (AvgIpc) is 4.18. The van der Waals surface area contributed by atoms with E-state index in [2.05, 4.69) is 61.8 Å². The number of aromatic nitrogens is 6. The molecule has 6 heterocycles. The summed E-state index contributed by atoms with van der Waals surface area (Å²) in [5.41, 5.74) is 4.03. The average molecular weight is 885 g/mol. The maximum absolute atomic E-state index is 5.55. The molecule has 6 N–H and O–H groups in total. The van der Waals surface area contributed by atoms with Crippen LogP contribution in [0.2, 0.25) is 0 Å². The van der Waals surface area contributed by atoms with Gasteiger partial charge in [0.25, 0.3) is 0 Å². The highest BCUT2D eigenvalue weighted by Gasteiger charge is 2.18. The lowest BCUT2D eigenvalue weighted by atomic mass is 10.1. The number of unbranched alkanes of at least 4 members (excludes halogenated alkanes) is 4. The molecule has 6 aromatic rings. The van der Waals surface area contributed by atoms with Gasteiger partial charge in [-0.2, -0.15) is 29.9 Å². The Hall–Kier alpha value is -7.90. The quantitative estimate of drug-likeness (QED) is 0.0382. The number of nitrogens with zero attached hydrogens (tertiary/aromatic N) is 6.